The zero-order valence-corrected chi connectivity index (χ0v) is 16.7. The smallest absolute Gasteiger partial charge is 0.0655 e. The number of rotatable bonds is 10. The molecule has 2 aliphatic carbocycles. The third kappa shape index (κ3) is 8.44. The summed E-state index contributed by atoms with van der Waals surface area (Å²) in [6.07, 6.45) is 26.9. The fraction of sp³-hybridized carbons (Fsp3) is 0.875. The fourth-order valence-electron chi connectivity index (χ4n) is 4.88. The van der Waals surface area contributed by atoms with Gasteiger partial charge in [-0.3, -0.25) is 0 Å². The van der Waals surface area contributed by atoms with E-state index in [-0.39, 0.29) is 0 Å². The Bertz CT molecular complexity index is 389. The zero-order valence-electron chi connectivity index (χ0n) is 16.7. The van der Waals surface area contributed by atoms with Crippen molar-refractivity contribution in [1.82, 2.24) is 0 Å². The van der Waals surface area contributed by atoms with Crippen LogP contribution in [0.15, 0.2) is 12.2 Å². The summed E-state index contributed by atoms with van der Waals surface area (Å²) in [5, 5.41) is 9.01. The van der Waals surface area contributed by atoms with Crippen molar-refractivity contribution in [1.29, 1.82) is 5.26 Å². The quantitative estimate of drug-likeness (QED) is 0.293. The maximum atomic E-state index is 9.01. The molecule has 0 aromatic heterocycles. The predicted molar refractivity (Wildman–Crippen MR) is 108 cm³/mol. The largest absolute Gasteiger partial charge is 0.198 e. The Labute approximate surface area is 157 Å². The lowest BCUT2D eigenvalue weighted by molar-refractivity contribution is 0.242. The minimum atomic E-state index is 0.366. The molecule has 25 heavy (non-hydrogen) atoms. The maximum absolute atomic E-state index is 9.01. The highest BCUT2D eigenvalue weighted by Crippen LogP contribution is 2.36. The van der Waals surface area contributed by atoms with Gasteiger partial charge in [0.1, 0.15) is 0 Å². The van der Waals surface area contributed by atoms with Crippen LogP contribution in [0.4, 0.5) is 0 Å². The summed E-state index contributed by atoms with van der Waals surface area (Å²) in [6.45, 7) is 2.29. The topological polar surface area (TPSA) is 23.8 Å². The summed E-state index contributed by atoms with van der Waals surface area (Å²) >= 11 is 0. The first-order valence-corrected chi connectivity index (χ1v) is 11.4. The van der Waals surface area contributed by atoms with Gasteiger partial charge in [0.25, 0.3) is 0 Å². The average Bonchev–Trinajstić information content (AvgIpc) is 2.67. The van der Waals surface area contributed by atoms with E-state index >= 15 is 0 Å². The molecule has 0 N–H and O–H groups in total. The molecule has 2 rings (SSSR count). The van der Waals surface area contributed by atoms with Gasteiger partial charge in [-0.05, 0) is 82.0 Å². The minimum absolute atomic E-state index is 0.366. The molecule has 0 aromatic rings. The second-order valence-corrected chi connectivity index (χ2v) is 8.84. The van der Waals surface area contributed by atoms with Crippen LogP contribution in [0.5, 0.6) is 0 Å². The van der Waals surface area contributed by atoms with Gasteiger partial charge in [-0.25, -0.2) is 0 Å². The monoisotopic (exact) mass is 343 g/mol. The second-order valence-electron chi connectivity index (χ2n) is 8.84. The minimum Gasteiger partial charge on any atom is -0.198 e. The van der Waals surface area contributed by atoms with Crippen LogP contribution in [-0.4, -0.2) is 0 Å². The Kier molecular flexibility index (Phi) is 10.3. The van der Waals surface area contributed by atoms with Crippen molar-refractivity contribution in [3.63, 3.8) is 0 Å². The van der Waals surface area contributed by atoms with E-state index in [1.807, 2.05) is 0 Å². The molecule has 0 atom stereocenters. The number of hydrogen-bond acceptors (Lipinski definition) is 1. The van der Waals surface area contributed by atoms with Gasteiger partial charge in [-0.1, -0.05) is 57.6 Å². The standard InChI is InChI=1S/C24H41N/c1-2-3-4-5-6-7-8-9-21-10-12-22(13-11-21)14-15-23-16-18-24(20-25)19-17-23/h8-9,21-24H,2-7,10-19H2,1H3/b9-8+/t21-,22-,23-,24-. The fourth-order valence-corrected chi connectivity index (χ4v) is 4.88. The molecular weight excluding hydrogens is 302 g/mol. The lowest BCUT2D eigenvalue weighted by Gasteiger charge is -2.30. The maximum Gasteiger partial charge on any atom is 0.0655 e. The first kappa shape index (κ1) is 20.5. The van der Waals surface area contributed by atoms with E-state index in [0.29, 0.717) is 5.92 Å². The van der Waals surface area contributed by atoms with E-state index in [9.17, 15) is 0 Å². The highest BCUT2D eigenvalue weighted by Gasteiger charge is 2.23. The van der Waals surface area contributed by atoms with E-state index in [4.69, 9.17) is 5.26 Å². The van der Waals surface area contributed by atoms with Crippen molar-refractivity contribution in [2.75, 3.05) is 0 Å². The van der Waals surface area contributed by atoms with Crippen molar-refractivity contribution >= 4 is 0 Å². The summed E-state index contributed by atoms with van der Waals surface area (Å²) in [5.41, 5.74) is 0. The molecule has 0 unspecified atom stereocenters. The molecule has 1 nitrogen and oxygen atoms in total. The Morgan fingerprint density at radius 1 is 0.800 bits per heavy atom. The molecule has 0 spiro atoms. The van der Waals surface area contributed by atoms with Gasteiger partial charge < -0.3 is 0 Å². The van der Waals surface area contributed by atoms with Crippen LogP contribution in [0.1, 0.15) is 110 Å². The average molecular weight is 344 g/mol. The number of nitrogens with zero attached hydrogens (tertiary/aromatic N) is 1. The SMILES string of the molecule is CCCCCCC/C=C/[C@H]1CC[C@H](CC[C@H]2CC[C@H](C#N)CC2)CC1. The normalized spacial score (nSPS) is 30.4. The molecule has 0 aliphatic heterocycles. The summed E-state index contributed by atoms with van der Waals surface area (Å²) in [4.78, 5) is 0. The molecule has 2 fully saturated rings. The molecule has 0 amide bonds. The molecule has 2 aliphatic rings. The van der Waals surface area contributed by atoms with Crippen LogP contribution in [0.25, 0.3) is 0 Å². The van der Waals surface area contributed by atoms with Crippen LogP contribution >= 0.6 is 0 Å². The molecule has 1 heteroatoms. The third-order valence-corrected chi connectivity index (χ3v) is 6.79. The Balaban J connectivity index is 1.49. The van der Waals surface area contributed by atoms with E-state index in [1.165, 1.54) is 89.9 Å². The van der Waals surface area contributed by atoms with Crippen LogP contribution in [0, 0.1) is 35.0 Å². The zero-order chi connectivity index (χ0) is 17.7. The van der Waals surface area contributed by atoms with Gasteiger partial charge in [0.15, 0.2) is 0 Å². The van der Waals surface area contributed by atoms with Crippen LogP contribution < -0.4 is 0 Å². The Morgan fingerprint density at radius 3 is 2.00 bits per heavy atom. The van der Waals surface area contributed by atoms with Gasteiger partial charge in [0.05, 0.1) is 6.07 Å². The molecule has 0 radical (unpaired) electrons. The van der Waals surface area contributed by atoms with Crippen molar-refractivity contribution in [3.05, 3.63) is 12.2 Å². The highest BCUT2D eigenvalue weighted by molar-refractivity contribution is 4.91. The van der Waals surface area contributed by atoms with E-state index in [1.54, 1.807) is 0 Å². The van der Waals surface area contributed by atoms with E-state index < -0.39 is 0 Å². The molecule has 142 valence electrons. The van der Waals surface area contributed by atoms with Crippen molar-refractivity contribution in [3.8, 4) is 6.07 Å². The molecular formula is C24H41N. The summed E-state index contributed by atoms with van der Waals surface area (Å²) in [6, 6.07) is 2.46. The first-order chi connectivity index (χ1) is 12.3. The van der Waals surface area contributed by atoms with Crippen molar-refractivity contribution in [2.24, 2.45) is 23.7 Å². The lowest BCUT2D eigenvalue weighted by atomic mass is 9.76. The molecule has 0 saturated heterocycles. The summed E-state index contributed by atoms with van der Waals surface area (Å²) in [7, 11) is 0. The summed E-state index contributed by atoms with van der Waals surface area (Å²) < 4.78 is 0. The van der Waals surface area contributed by atoms with Gasteiger partial charge in [0, 0.05) is 5.92 Å². The number of nitriles is 1. The molecule has 0 bridgehead atoms. The van der Waals surface area contributed by atoms with Gasteiger partial charge >= 0.3 is 0 Å². The summed E-state index contributed by atoms with van der Waals surface area (Å²) in [5.74, 6) is 3.16. The van der Waals surface area contributed by atoms with E-state index in [0.717, 1.165) is 30.6 Å². The molecule has 2 saturated carbocycles. The van der Waals surface area contributed by atoms with Crippen LogP contribution in [-0.2, 0) is 0 Å². The van der Waals surface area contributed by atoms with Crippen molar-refractivity contribution in [2.45, 2.75) is 110 Å². The highest BCUT2D eigenvalue weighted by atomic mass is 14.3. The van der Waals surface area contributed by atoms with Gasteiger partial charge in [-0.2, -0.15) is 5.26 Å². The van der Waals surface area contributed by atoms with Gasteiger partial charge in [-0.15, -0.1) is 0 Å². The van der Waals surface area contributed by atoms with Crippen LogP contribution in [0.3, 0.4) is 0 Å². The lowest BCUT2D eigenvalue weighted by Crippen LogP contribution is -2.17. The predicted octanol–water partition coefficient (Wildman–Crippen LogP) is 7.82. The number of hydrogen-bond donors (Lipinski definition) is 0. The van der Waals surface area contributed by atoms with Gasteiger partial charge in [0.2, 0.25) is 0 Å². The number of allylic oxidation sites excluding steroid dienone is 2. The number of unbranched alkanes of at least 4 members (excludes halogenated alkanes) is 5. The van der Waals surface area contributed by atoms with E-state index in [2.05, 4.69) is 25.1 Å². The second kappa shape index (κ2) is 12.6. The molecule has 0 aromatic carbocycles. The Hall–Kier alpha value is -0.770. The first-order valence-electron chi connectivity index (χ1n) is 11.4. The third-order valence-electron chi connectivity index (χ3n) is 6.79. The van der Waals surface area contributed by atoms with Crippen molar-refractivity contribution < 1.29 is 0 Å². The van der Waals surface area contributed by atoms with Crippen LogP contribution in [0.2, 0.25) is 0 Å². The molecule has 0 heterocycles. The Morgan fingerprint density at radius 2 is 1.40 bits per heavy atom.